The van der Waals surface area contributed by atoms with Crippen molar-refractivity contribution in [2.45, 2.75) is 12.5 Å². The third-order valence-corrected chi connectivity index (χ3v) is 3.66. The number of fused-ring (bicyclic) bond motifs is 1. The van der Waals surface area contributed by atoms with Crippen LogP contribution in [0.1, 0.15) is 17.4 Å². The molecule has 1 aromatic heterocycles. The summed E-state index contributed by atoms with van der Waals surface area (Å²) in [5, 5.41) is 12.5. The van der Waals surface area contributed by atoms with Crippen molar-refractivity contribution in [2.75, 3.05) is 0 Å². The molecule has 0 spiro atoms. The molecular formula is C16H12Cl2O2. The van der Waals surface area contributed by atoms with Gasteiger partial charge in [0.1, 0.15) is 17.4 Å². The average Bonchev–Trinajstić information content (AvgIpc) is 2.84. The number of aliphatic hydroxyl groups is 1. The molecule has 2 nitrogen and oxygen atoms in total. The maximum atomic E-state index is 10.3. The Kier molecular flexibility index (Phi) is 3.70. The lowest BCUT2D eigenvalue weighted by atomic mass is 10.1. The average molecular weight is 307 g/mol. The van der Waals surface area contributed by atoms with Gasteiger partial charge in [-0.1, -0.05) is 35.3 Å². The van der Waals surface area contributed by atoms with Crippen LogP contribution in [-0.2, 0) is 6.42 Å². The molecule has 0 bridgehead atoms. The lowest BCUT2D eigenvalue weighted by molar-refractivity contribution is 0.152. The van der Waals surface area contributed by atoms with Crippen molar-refractivity contribution >= 4 is 34.2 Å². The van der Waals surface area contributed by atoms with Crippen molar-refractivity contribution in [3.8, 4) is 0 Å². The van der Waals surface area contributed by atoms with Gasteiger partial charge in [0.05, 0.1) is 0 Å². The summed E-state index contributed by atoms with van der Waals surface area (Å²) in [5.74, 6) is 0.539. The number of hydrogen-bond donors (Lipinski definition) is 1. The molecule has 3 rings (SSSR count). The van der Waals surface area contributed by atoms with Gasteiger partial charge < -0.3 is 9.52 Å². The minimum atomic E-state index is -0.692. The second-order valence-corrected chi connectivity index (χ2v) is 5.55. The zero-order valence-electron chi connectivity index (χ0n) is 10.5. The standard InChI is InChI=1S/C16H12Cl2O2/c17-12-3-1-10(2-4-12)7-14(19)16-9-11-8-13(18)5-6-15(11)20-16/h1-6,8-9,14,19H,7H2. The molecule has 0 aliphatic heterocycles. The van der Waals surface area contributed by atoms with Crippen molar-refractivity contribution < 1.29 is 9.52 Å². The van der Waals surface area contributed by atoms with Crippen LogP contribution in [0, 0.1) is 0 Å². The molecule has 1 unspecified atom stereocenters. The van der Waals surface area contributed by atoms with Crippen LogP contribution in [0.2, 0.25) is 10.0 Å². The van der Waals surface area contributed by atoms with Gasteiger partial charge in [-0.15, -0.1) is 0 Å². The van der Waals surface area contributed by atoms with Gasteiger partial charge in [0.25, 0.3) is 0 Å². The summed E-state index contributed by atoms with van der Waals surface area (Å²) < 4.78 is 5.65. The van der Waals surface area contributed by atoms with Gasteiger partial charge in [0, 0.05) is 21.9 Å². The summed E-state index contributed by atoms with van der Waals surface area (Å²) in [5.41, 5.74) is 1.72. The highest BCUT2D eigenvalue weighted by Crippen LogP contribution is 2.28. The van der Waals surface area contributed by atoms with E-state index in [1.807, 2.05) is 36.4 Å². The van der Waals surface area contributed by atoms with Crippen LogP contribution < -0.4 is 0 Å². The molecule has 0 amide bonds. The summed E-state index contributed by atoms with van der Waals surface area (Å²) in [6, 6.07) is 14.6. The van der Waals surface area contributed by atoms with Gasteiger partial charge in [-0.2, -0.15) is 0 Å². The van der Waals surface area contributed by atoms with Crippen LogP contribution in [0.4, 0.5) is 0 Å². The van der Waals surface area contributed by atoms with Crippen molar-refractivity contribution in [3.63, 3.8) is 0 Å². The van der Waals surface area contributed by atoms with Crippen molar-refractivity contribution in [2.24, 2.45) is 0 Å². The topological polar surface area (TPSA) is 33.4 Å². The number of hydrogen-bond acceptors (Lipinski definition) is 2. The summed E-state index contributed by atoms with van der Waals surface area (Å²) >= 11 is 11.8. The van der Waals surface area contributed by atoms with E-state index in [1.165, 1.54) is 0 Å². The van der Waals surface area contributed by atoms with E-state index in [9.17, 15) is 5.11 Å². The minimum absolute atomic E-state index is 0.477. The van der Waals surface area contributed by atoms with Gasteiger partial charge in [0.2, 0.25) is 0 Å². The van der Waals surface area contributed by atoms with E-state index in [0.29, 0.717) is 22.2 Å². The summed E-state index contributed by atoms with van der Waals surface area (Å²) in [6.45, 7) is 0. The van der Waals surface area contributed by atoms with Gasteiger partial charge >= 0.3 is 0 Å². The summed E-state index contributed by atoms with van der Waals surface area (Å²) in [6.07, 6.45) is -0.215. The quantitative estimate of drug-likeness (QED) is 0.737. The fourth-order valence-electron chi connectivity index (χ4n) is 2.14. The first-order chi connectivity index (χ1) is 9.61. The molecule has 0 radical (unpaired) electrons. The molecule has 0 saturated carbocycles. The zero-order valence-corrected chi connectivity index (χ0v) is 12.0. The highest BCUT2D eigenvalue weighted by molar-refractivity contribution is 6.31. The third kappa shape index (κ3) is 2.83. The van der Waals surface area contributed by atoms with Crippen molar-refractivity contribution in [1.82, 2.24) is 0 Å². The normalized spacial score (nSPS) is 12.8. The van der Waals surface area contributed by atoms with Gasteiger partial charge in [-0.3, -0.25) is 0 Å². The monoisotopic (exact) mass is 306 g/mol. The number of furan rings is 1. The number of rotatable bonds is 3. The maximum absolute atomic E-state index is 10.3. The van der Waals surface area contributed by atoms with E-state index in [2.05, 4.69) is 0 Å². The van der Waals surface area contributed by atoms with E-state index in [0.717, 1.165) is 16.5 Å². The Balaban J connectivity index is 1.84. The fourth-order valence-corrected chi connectivity index (χ4v) is 2.45. The Morgan fingerprint density at radius 1 is 0.950 bits per heavy atom. The minimum Gasteiger partial charge on any atom is -0.458 e. The Morgan fingerprint density at radius 3 is 2.40 bits per heavy atom. The predicted molar refractivity (Wildman–Crippen MR) is 81.3 cm³/mol. The third-order valence-electron chi connectivity index (χ3n) is 3.17. The van der Waals surface area contributed by atoms with Crippen molar-refractivity contribution in [3.05, 3.63) is 69.9 Å². The fraction of sp³-hybridized carbons (Fsp3) is 0.125. The zero-order chi connectivity index (χ0) is 14.1. The molecule has 0 saturated heterocycles. The molecule has 0 aliphatic rings. The van der Waals surface area contributed by atoms with Crippen LogP contribution in [0.5, 0.6) is 0 Å². The van der Waals surface area contributed by atoms with Crippen LogP contribution in [0.25, 0.3) is 11.0 Å². The van der Waals surface area contributed by atoms with Crippen LogP contribution >= 0.6 is 23.2 Å². The summed E-state index contributed by atoms with van der Waals surface area (Å²) in [7, 11) is 0. The van der Waals surface area contributed by atoms with Crippen LogP contribution in [0.3, 0.4) is 0 Å². The first kappa shape index (κ1) is 13.5. The van der Waals surface area contributed by atoms with E-state index >= 15 is 0 Å². The summed E-state index contributed by atoms with van der Waals surface area (Å²) in [4.78, 5) is 0. The van der Waals surface area contributed by atoms with E-state index in [-0.39, 0.29) is 0 Å². The Hall–Kier alpha value is -1.48. The molecule has 0 fully saturated rings. The molecular weight excluding hydrogens is 295 g/mol. The predicted octanol–water partition coefficient (Wildman–Crippen LogP) is 5.02. The molecule has 3 aromatic rings. The molecule has 102 valence electrons. The van der Waals surface area contributed by atoms with Gasteiger partial charge in [-0.25, -0.2) is 0 Å². The second-order valence-electron chi connectivity index (χ2n) is 4.68. The van der Waals surface area contributed by atoms with Gasteiger partial charge in [-0.05, 0) is 42.0 Å². The van der Waals surface area contributed by atoms with Crippen LogP contribution in [0.15, 0.2) is 52.9 Å². The lowest BCUT2D eigenvalue weighted by Crippen LogP contribution is -2.00. The number of aliphatic hydroxyl groups excluding tert-OH is 1. The molecule has 1 heterocycles. The van der Waals surface area contributed by atoms with E-state index < -0.39 is 6.10 Å². The maximum Gasteiger partial charge on any atom is 0.134 e. The second kappa shape index (κ2) is 5.49. The largest absolute Gasteiger partial charge is 0.458 e. The molecule has 1 N–H and O–H groups in total. The first-order valence-corrected chi connectivity index (χ1v) is 6.99. The highest BCUT2D eigenvalue weighted by atomic mass is 35.5. The highest BCUT2D eigenvalue weighted by Gasteiger charge is 2.14. The van der Waals surface area contributed by atoms with Crippen molar-refractivity contribution in [1.29, 1.82) is 0 Å². The van der Waals surface area contributed by atoms with Crippen LogP contribution in [-0.4, -0.2) is 5.11 Å². The molecule has 4 heteroatoms. The Morgan fingerprint density at radius 2 is 1.65 bits per heavy atom. The SMILES string of the molecule is OC(Cc1ccc(Cl)cc1)c1cc2cc(Cl)ccc2o1. The van der Waals surface area contributed by atoms with Gasteiger partial charge in [0.15, 0.2) is 0 Å². The number of benzene rings is 2. The molecule has 20 heavy (non-hydrogen) atoms. The van der Waals surface area contributed by atoms with E-state index in [1.54, 1.807) is 12.1 Å². The van der Waals surface area contributed by atoms with E-state index in [4.69, 9.17) is 27.6 Å². The lowest BCUT2D eigenvalue weighted by Gasteiger charge is -2.07. The first-order valence-electron chi connectivity index (χ1n) is 6.23. The Labute approximate surface area is 126 Å². The number of halogens is 2. The molecule has 2 aromatic carbocycles. The Bertz CT molecular complexity index is 732. The smallest absolute Gasteiger partial charge is 0.134 e. The molecule has 1 atom stereocenters. The molecule has 0 aliphatic carbocycles.